The van der Waals surface area contributed by atoms with Gasteiger partial charge in [0.25, 0.3) is 0 Å². The van der Waals surface area contributed by atoms with Crippen LogP contribution in [0.5, 0.6) is 5.75 Å². The minimum Gasteiger partial charge on any atom is -0.508 e. The van der Waals surface area contributed by atoms with Crippen LogP contribution in [0.1, 0.15) is 12.5 Å². The fourth-order valence-electron chi connectivity index (χ4n) is 1.58. The van der Waals surface area contributed by atoms with E-state index in [4.69, 9.17) is 15.3 Å². The van der Waals surface area contributed by atoms with Crippen molar-refractivity contribution in [3.05, 3.63) is 35.9 Å². The first-order valence-electron chi connectivity index (χ1n) is 6.51. The van der Waals surface area contributed by atoms with Gasteiger partial charge in [0.05, 0.1) is 0 Å². The van der Waals surface area contributed by atoms with Gasteiger partial charge in [0.2, 0.25) is 12.2 Å². The maximum Gasteiger partial charge on any atom is 0.349 e. The number of esters is 2. The molecule has 0 aliphatic carbocycles. The van der Waals surface area contributed by atoms with Gasteiger partial charge in [-0.3, -0.25) is 4.79 Å². The highest BCUT2D eigenvalue weighted by Gasteiger charge is 2.39. The van der Waals surface area contributed by atoms with Gasteiger partial charge in [-0.15, -0.1) is 0 Å². The highest BCUT2D eigenvalue weighted by Crippen LogP contribution is 2.12. The van der Waals surface area contributed by atoms with Crippen LogP contribution < -0.4 is 0 Å². The van der Waals surface area contributed by atoms with Gasteiger partial charge in [-0.2, -0.15) is 0 Å². The van der Waals surface area contributed by atoms with Gasteiger partial charge < -0.3 is 24.8 Å². The Kier molecular flexibility index (Phi) is 6.48. The minimum absolute atomic E-state index is 0.0198. The van der Waals surface area contributed by atoms with Gasteiger partial charge in [-0.1, -0.05) is 12.1 Å². The Balaban J connectivity index is 2.85. The van der Waals surface area contributed by atoms with Crippen molar-refractivity contribution in [1.29, 1.82) is 0 Å². The molecule has 2 unspecified atom stereocenters. The summed E-state index contributed by atoms with van der Waals surface area (Å²) in [6.07, 6.45) is -2.24. The van der Waals surface area contributed by atoms with Gasteiger partial charge in [0.1, 0.15) is 5.75 Å². The molecule has 0 bridgehead atoms. The zero-order valence-corrected chi connectivity index (χ0v) is 12.4. The van der Waals surface area contributed by atoms with Gasteiger partial charge in [0, 0.05) is 13.0 Å². The van der Waals surface area contributed by atoms with Crippen LogP contribution in [-0.2, 0) is 28.7 Å². The fourth-order valence-corrected chi connectivity index (χ4v) is 1.58. The Labute approximate surface area is 135 Å². The van der Waals surface area contributed by atoms with Crippen LogP contribution in [-0.4, -0.2) is 51.4 Å². The number of ether oxygens (including phenoxy) is 2. The van der Waals surface area contributed by atoms with Gasteiger partial charge in [0.15, 0.2) is 0 Å². The van der Waals surface area contributed by atoms with E-state index in [1.807, 2.05) is 0 Å². The highest BCUT2D eigenvalue weighted by molar-refractivity contribution is 5.91. The number of aliphatic carboxylic acids is 2. The predicted octanol–water partition coefficient (Wildman–Crippen LogP) is 0.418. The molecular weight excluding hydrogens is 324 g/mol. The molecular formula is C15H14O9. The number of carbonyl (C=O) groups excluding carboxylic acids is 2. The van der Waals surface area contributed by atoms with Crippen LogP contribution in [0.2, 0.25) is 0 Å². The van der Waals surface area contributed by atoms with Gasteiger partial charge in [-0.05, 0) is 23.8 Å². The van der Waals surface area contributed by atoms with Crippen LogP contribution in [0, 0.1) is 0 Å². The van der Waals surface area contributed by atoms with Crippen molar-refractivity contribution >= 4 is 30.0 Å². The first kappa shape index (κ1) is 18.7. The van der Waals surface area contributed by atoms with Crippen molar-refractivity contribution in [2.45, 2.75) is 19.1 Å². The maximum atomic E-state index is 11.7. The summed E-state index contributed by atoms with van der Waals surface area (Å²) in [6, 6.07) is 5.69. The molecule has 0 saturated heterocycles. The third-order valence-corrected chi connectivity index (χ3v) is 2.60. The number of rotatable bonds is 7. The smallest absolute Gasteiger partial charge is 0.349 e. The minimum atomic E-state index is -2.21. The van der Waals surface area contributed by atoms with E-state index in [9.17, 15) is 19.2 Å². The molecule has 9 nitrogen and oxygen atoms in total. The third-order valence-electron chi connectivity index (χ3n) is 2.60. The molecule has 1 aromatic carbocycles. The number of carboxylic acids is 2. The molecule has 0 aliphatic rings. The standard InChI is InChI=1S/C15H14O9/c1-8(16)23-12(14(19)20)13(15(21)22)24-11(18)7-4-9-2-5-10(17)6-3-9/h2-7,12-13,17H,1H3,(H,19,20)(H,21,22)/b7-4-. The average molecular weight is 338 g/mol. The zero-order valence-electron chi connectivity index (χ0n) is 12.4. The number of carboxylic acid groups (broad SMARTS) is 2. The SMILES string of the molecule is CC(=O)OC(C(=O)O)C(OC(=O)/C=C\c1ccc(O)cc1)C(=O)O. The van der Waals surface area contributed by atoms with Crippen LogP contribution in [0.3, 0.4) is 0 Å². The predicted molar refractivity (Wildman–Crippen MR) is 77.8 cm³/mol. The Bertz CT molecular complexity index is 660. The summed E-state index contributed by atoms with van der Waals surface area (Å²) in [5.74, 6) is -5.72. The Morgan fingerprint density at radius 2 is 1.46 bits per heavy atom. The largest absolute Gasteiger partial charge is 0.508 e. The summed E-state index contributed by atoms with van der Waals surface area (Å²) in [5.41, 5.74) is 0.506. The molecule has 0 radical (unpaired) electrons. The van der Waals surface area contributed by atoms with E-state index >= 15 is 0 Å². The molecule has 3 N–H and O–H groups in total. The van der Waals surface area contributed by atoms with Gasteiger partial charge >= 0.3 is 23.9 Å². The molecule has 0 amide bonds. The number of carbonyl (C=O) groups is 4. The molecule has 0 aliphatic heterocycles. The second-order valence-electron chi connectivity index (χ2n) is 4.49. The molecule has 128 valence electrons. The lowest BCUT2D eigenvalue weighted by Crippen LogP contribution is -2.45. The third kappa shape index (κ3) is 5.79. The van der Waals surface area contributed by atoms with Crippen molar-refractivity contribution in [1.82, 2.24) is 0 Å². The number of hydrogen-bond acceptors (Lipinski definition) is 7. The molecule has 1 rings (SSSR count). The second kappa shape index (κ2) is 8.32. The van der Waals surface area contributed by atoms with E-state index < -0.39 is 36.1 Å². The van der Waals surface area contributed by atoms with Crippen LogP contribution in [0.15, 0.2) is 30.3 Å². The number of hydrogen-bond donors (Lipinski definition) is 3. The number of phenols is 1. The fraction of sp³-hybridized carbons (Fsp3) is 0.200. The quantitative estimate of drug-likeness (QED) is 0.475. The first-order chi connectivity index (χ1) is 11.2. The lowest BCUT2D eigenvalue weighted by atomic mass is 10.2. The van der Waals surface area contributed by atoms with E-state index in [1.165, 1.54) is 30.3 Å². The topological polar surface area (TPSA) is 147 Å². The van der Waals surface area contributed by atoms with E-state index in [0.29, 0.717) is 5.56 Å². The van der Waals surface area contributed by atoms with E-state index in [1.54, 1.807) is 0 Å². The first-order valence-corrected chi connectivity index (χ1v) is 6.51. The highest BCUT2D eigenvalue weighted by atomic mass is 16.6. The number of phenolic OH excluding ortho intramolecular Hbond substituents is 1. The zero-order chi connectivity index (χ0) is 18.3. The summed E-state index contributed by atoms with van der Waals surface area (Å²) in [5, 5.41) is 27.0. The molecule has 0 heterocycles. The Morgan fingerprint density at radius 3 is 1.92 bits per heavy atom. The second-order valence-corrected chi connectivity index (χ2v) is 4.49. The van der Waals surface area contributed by atoms with Crippen LogP contribution in [0.4, 0.5) is 0 Å². The van der Waals surface area contributed by atoms with Crippen molar-refractivity contribution in [3.8, 4) is 5.75 Å². The van der Waals surface area contributed by atoms with E-state index in [0.717, 1.165) is 13.0 Å². The molecule has 0 spiro atoms. The summed E-state index contributed by atoms with van der Waals surface area (Å²) in [6.45, 7) is 0.890. The lowest BCUT2D eigenvalue weighted by molar-refractivity contribution is -0.184. The summed E-state index contributed by atoms with van der Waals surface area (Å²) in [4.78, 5) is 44.6. The molecule has 24 heavy (non-hydrogen) atoms. The molecule has 2 atom stereocenters. The number of benzene rings is 1. The summed E-state index contributed by atoms with van der Waals surface area (Å²) < 4.78 is 8.91. The normalized spacial score (nSPS) is 13.0. The van der Waals surface area contributed by atoms with Crippen molar-refractivity contribution in [2.24, 2.45) is 0 Å². The molecule has 9 heteroatoms. The average Bonchev–Trinajstić information content (AvgIpc) is 2.49. The molecule has 0 aromatic heterocycles. The Morgan fingerprint density at radius 1 is 0.958 bits per heavy atom. The van der Waals surface area contributed by atoms with Crippen molar-refractivity contribution in [3.63, 3.8) is 0 Å². The Hall–Kier alpha value is -3.36. The van der Waals surface area contributed by atoms with E-state index in [2.05, 4.69) is 9.47 Å². The lowest BCUT2D eigenvalue weighted by Gasteiger charge is -2.19. The van der Waals surface area contributed by atoms with Crippen LogP contribution >= 0.6 is 0 Å². The summed E-state index contributed by atoms with van der Waals surface area (Å²) in [7, 11) is 0. The van der Waals surface area contributed by atoms with Crippen molar-refractivity contribution < 1.29 is 44.0 Å². The molecule has 0 saturated carbocycles. The maximum absolute atomic E-state index is 11.7. The molecule has 0 fully saturated rings. The number of aromatic hydroxyl groups is 1. The van der Waals surface area contributed by atoms with E-state index in [-0.39, 0.29) is 5.75 Å². The molecule has 1 aromatic rings. The van der Waals surface area contributed by atoms with Crippen LogP contribution in [0.25, 0.3) is 6.08 Å². The van der Waals surface area contributed by atoms with Crippen molar-refractivity contribution in [2.75, 3.05) is 0 Å². The monoisotopic (exact) mass is 338 g/mol. The summed E-state index contributed by atoms with van der Waals surface area (Å²) >= 11 is 0. The van der Waals surface area contributed by atoms with Gasteiger partial charge in [-0.25, -0.2) is 14.4 Å².